The molecule has 138 valence electrons. The molecule has 2 heterocycles. The van der Waals surface area contributed by atoms with Crippen molar-refractivity contribution >= 4 is 11.8 Å². The second kappa shape index (κ2) is 8.62. The SMILES string of the molecule is CN(Cc1ccno1)C(=O)CC1C(=O)NCCN1CCc1ccccc1. The predicted octanol–water partition coefficient (Wildman–Crippen LogP) is 1.07. The molecule has 7 heteroatoms. The molecule has 1 unspecified atom stereocenters. The monoisotopic (exact) mass is 356 g/mol. The number of nitrogens with one attached hydrogen (secondary N) is 1. The Kier molecular flexibility index (Phi) is 6.01. The zero-order chi connectivity index (χ0) is 18.4. The standard InChI is InChI=1S/C19H24N4O3/c1-22(14-16-7-9-21-26-16)18(24)13-17-19(25)20-10-12-23(17)11-8-15-5-3-2-4-6-15/h2-7,9,17H,8,10-14H2,1H3,(H,20,25). The number of aromatic nitrogens is 1. The molecule has 1 fully saturated rings. The van der Waals surface area contributed by atoms with Crippen LogP contribution in [0.2, 0.25) is 0 Å². The molecular formula is C19H24N4O3. The molecule has 1 atom stereocenters. The number of hydrogen-bond donors (Lipinski definition) is 1. The second-order valence-corrected chi connectivity index (χ2v) is 6.51. The summed E-state index contributed by atoms with van der Waals surface area (Å²) in [5.41, 5.74) is 1.23. The van der Waals surface area contributed by atoms with Crippen LogP contribution in [0.5, 0.6) is 0 Å². The summed E-state index contributed by atoms with van der Waals surface area (Å²) in [6, 6.07) is 11.5. The summed E-state index contributed by atoms with van der Waals surface area (Å²) >= 11 is 0. The molecular weight excluding hydrogens is 332 g/mol. The topological polar surface area (TPSA) is 78.7 Å². The molecule has 0 aliphatic carbocycles. The van der Waals surface area contributed by atoms with Gasteiger partial charge in [-0.3, -0.25) is 14.5 Å². The van der Waals surface area contributed by atoms with E-state index in [9.17, 15) is 9.59 Å². The van der Waals surface area contributed by atoms with Gasteiger partial charge in [0.2, 0.25) is 11.8 Å². The maximum atomic E-state index is 12.6. The first kappa shape index (κ1) is 18.1. The molecule has 1 saturated heterocycles. The fourth-order valence-electron chi connectivity index (χ4n) is 3.14. The lowest BCUT2D eigenvalue weighted by atomic mass is 10.1. The molecule has 26 heavy (non-hydrogen) atoms. The normalized spacial score (nSPS) is 17.7. The van der Waals surface area contributed by atoms with Crippen molar-refractivity contribution < 1.29 is 14.1 Å². The highest BCUT2D eigenvalue weighted by molar-refractivity contribution is 5.88. The van der Waals surface area contributed by atoms with Gasteiger partial charge in [0.1, 0.15) is 0 Å². The van der Waals surface area contributed by atoms with Gasteiger partial charge < -0.3 is 14.7 Å². The van der Waals surface area contributed by atoms with Crippen LogP contribution >= 0.6 is 0 Å². The molecule has 1 aliphatic heterocycles. The van der Waals surface area contributed by atoms with E-state index in [0.717, 1.165) is 19.5 Å². The van der Waals surface area contributed by atoms with E-state index in [1.807, 2.05) is 18.2 Å². The highest BCUT2D eigenvalue weighted by Gasteiger charge is 2.32. The van der Waals surface area contributed by atoms with Gasteiger partial charge in [-0.05, 0) is 12.0 Å². The first-order valence-corrected chi connectivity index (χ1v) is 8.82. The van der Waals surface area contributed by atoms with Crippen LogP contribution in [0.25, 0.3) is 0 Å². The number of benzene rings is 1. The summed E-state index contributed by atoms with van der Waals surface area (Å²) in [6.07, 6.45) is 2.56. The van der Waals surface area contributed by atoms with Gasteiger partial charge in [0.25, 0.3) is 0 Å². The van der Waals surface area contributed by atoms with E-state index in [2.05, 4.69) is 27.5 Å². The molecule has 0 spiro atoms. The van der Waals surface area contributed by atoms with Crippen LogP contribution in [0.4, 0.5) is 0 Å². The van der Waals surface area contributed by atoms with Crippen LogP contribution in [0.1, 0.15) is 17.7 Å². The minimum Gasteiger partial charge on any atom is -0.360 e. The van der Waals surface area contributed by atoms with E-state index in [1.165, 1.54) is 5.56 Å². The Morgan fingerprint density at radius 2 is 2.15 bits per heavy atom. The summed E-state index contributed by atoms with van der Waals surface area (Å²) in [7, 11) is 1.71. The van der Waals surface area contributed by atoms with Crippen LogP contribution in [-0.2, 0) is 22.6 Å². The van der Waals surface area contributed by atoms with Crippen molar-refractivity contribution in [1.82, 2.24) is 20.3 Å². The maximum Gasteiger partial charge on any atom is 0.237 e. The molecule has 3 rings (SSSR count). The number of carbonyl (C=O) groups is 2. The summed E-state index contributed by atoms with van der Waals surface area (Å²) in [4.78, 5) is 28.6. The van der Waals surface area contributed by atoms with Crippen molar-refractivity contribution in [2.24, 2.45) is 0 Å². The molecule has 2 amide bonds. The van der Waals surface area contributed by atoms with Crippen LogP contribution in [-0.4, -0.2) is 59.5 Å². The lowest BCUT2D eigenvalue weighted by Crippen LogP contribution is -2.56. The molecule has 1 aromatic heterocycles. The Labute approximate surface area is 152 Å². The lowest BCUT2D eigenvalue weighted by molar-refractivity contribution is -0.138. The highest BCUT2D eigenvalue weighted by Crippen LogP contribution is 2.13. The predicted molar refractivity (Wildman–Crippen MR) is 96.1 cm³/mol. The fraction of sp³-hybridized carbons (Fsp3) is 0.421. The third-order valence-corrected chi connectivity index (χ3v) is 4.65. The molecule has 1 aromatic carbocycles. The van der Waals surface area contributed by atoms with E-state index in [4.69, 9.17) is 4.52 Å². The molecule has 0 saturated carbocycles. The van der Waals surface area contributed by atoms with Crippen LogP contribution in [0, 0.1) is 0 Å². The third-order valence-electron chi connectivity index (χ3n) is 4.65. The fourth-order valence-corrected chi connectivity index (χ4v) is 3.14. The van der Waals surface area contributed by atoms with E-state index in [0.29, 0.717) is 18.8 Å². The number of hydrogen-bond acceptors (Lipinski definition) is 5. The molecule has 0 bridgehead atoms. The summed E-state index contributed by atoms with van der Waals surface area (Å²) < 4.78 is 5.04. The summed E-state index contributed by atoms with van der Waals surface area (Å²) in [6.45, 7) is 2.47. The van der Waals surface area contributed by atoms with Crippen molar-refractivity contribution in [3.05, 3.63) is 53.9 Å². The smallest absolute Gasteiger partial charge is 0.237 e. The molecule has 1 aliphatic rings. The van der Waals surface area contributed by atoms with Gasteiger partial charge in [0, 0.05) is 32.7 Å². The van der Waals surface area contributed by atoms with Gasteiger partial charge in [-0.25, -0.2) is 0 Å². The molecule has 2 aromatic rings. The average molecular weight is 356 g/mol. The van der Waals surface area contributed by atoms with E-state index in [1.54, 1.807) is 24.2 Å². The van der Waals surface area contributed by atoms with Gasteiger partial charge in [-0.2, -0.15) is 0 Å². The second-order valence-electron chi connectivity index (χ2n) is 6.51. The Morgan fingerprint density at radius 1 is 1.35 bits per heavy atom. The van der Waals surface area contributed by atoms with Crippen molar-refractivity contribution in [3.63, 3.8) is 0 Å². The quantitative estimate of drug-likeness (QED) is 0.803. The zero-order valence-corrected chi connectivity index (χ0v) is 14.9. The molecule has 1 N–H and O–H groups in total. The number of piperazine rings is 1. The minimum atomic E-state index is -0.433. The summed E-state index contributed by atoms with van der Waals surface area (Å²) in [5, 5.41) is 6.51. The number of carbonyl (C=O) groups excluding carboxylic acids is 2. The van der Waals surface area contributed by atoms with E-state index in [-0.39, 0.29) is 18.2 Å². The first-order chi connectivity index (χ1) is 12.6. The van der Waals surface area contributed by atoms with Crippen molar-refractivity contribution in [1.29, 1.82) is 0 Å². The molecule has 0 radical (unpaired) electrons. The van der Waals surface area contributed by atoms with Crippen molar-refractivity contribution in [2.75, 3.05) is 26.7 Å². The van der Waals surface area contributed by atoms with Gasteiger partial charge >= 0.3 is 0 Å². The van der Waals surface area contributed by atoms with Crippen LogP contribution < -0.4 is 5.32 Å². The first-order valence-electron chi connectivity index (χ1n) is 8.82. The number of nitrogens with zero attached hydrogens (tertiary/aromatic N) is 3. The van der Waals surface area contributed by atoms with Crippen LogP contribution in [0.15, 0.2) is 47.1 Å². The average Bonchev–Trinajstić information content (AvgIpc) is 3.16. The van der Waals surface area contributed by atoms with Gasteiger partial charge in [-0.1, -0.05) is 35.5 Å². The Bertz CT molecular complexity index is 718. The van der Waals surface area contributed by atoms with Crippen LogP contribution in [0.3, 0.4) is 0 Å². The van der Waals surface area contributed by atoms with Gasteiger partial charge in [0.05, 0.1) is 25.2 Å². The third kappa shape index (κ3) is 4.70. The lowest BCUT2D eigenvalue weighted by Gasteiger charge is -2.35. The Hall–Kier alpha value is -2.67. The highest BCUT2D eigenvalue weighted by atomic mass is 16.5. The zero-order valence-electron chi connectivity index (χ0n) is 14.9. The van der Waals surface area contributed by atoms with E-state index < -0.39 is 6.04 Å². The molecule has 7 nitrogen and oxygen atoms in total. The number of amides is 2. The Balaban J connectivity index is 1.58. The minimum absolute atomic E-state index is 0.0780. The number of rotatable bonds is 7. The van der Waals surface area contributed by atoms with Crippen molar-refractivity contribution in [3.8, 4) is 0 Å². The largest absolute Gasteiger partial charge is 0.360 e. The van der Waals surface area contributed by atoms with E-state index >= 15 is 0 Å². The maximum absolute atomic E-state index is 12.6. The van der Waals surface area contributed by atoms with Gasteiger partial charge in [0.15, 0.2) is 5.76 Å². The van der Waals surface area contributed by atoms with Crippen molar-refractivity contribution in [2.45, 2.75) is 25.4 Å². The Morgan fingerprint density at radius 3 is 2.88 bits per heavy atom. The van der Waals surface area contributed by atoms with Gasteiger partial charge in [-0.15, -0.1) is 0 Å². The summed E-state index contributed by atoms with van der Waals surface area (Å²) in [5.74, 6) is 0.453.